The van der Waals surface area contributed by atoms with E-state index in [9.17, 15) is 14.4 Å². The molecule has 0 aliphatic rings. The van der Waals surface area contributed by atoms with Crippen molar-refractivity contribution in [2.24, 2.45) is 0 Å². The maximum atomic E-state index is 11.6. The number of rotatable bonds is 8. The van der Waals surface area contributed by atoms with Crippen LogP contribution in [0.1, 0.15) is 11.3 Å². The molecule has 1 heterocycles. The molecule has 26 heavy (non-hydrogen) atoms. The van der Waals surface area contributed by atoms with Crippen molar-refractivity contribution < 1.29 is 23.5 Å². The van der Waals surface area contributed by atoms with Gasteiger partial charge in [0.1, 0.15) is 5.76 Å². The molecule has 0 saturated carbocycles. The van der Waals surface area contributed by atoms with E-state index >= 15 is 0 Å². The molecule has 0 unspecified atom stereocenters. The highest BCUT2D eigenvalue weighted by Crippen LogP contribution is 2.20. The van der Waals surface area contributed by atoms with Crippen LogP contribution >= 0.6 is 23.4 Å². The molecular formula is C17H17ClN2O5S. The summed E-state index contributed by atoms with van der Waals surface area (Å²) < 4.78 is 9.86. The van der Waals surface area contributed by atoms with E-state index in [1.165, 1.54) is 18.0 Å². The Labute approximate surface area is 159 Å². The minimum absolute atomic E-state index is 0.0726. The van der Waals surface area contributed by atoms with Crippen molar-refractivity contribution in [2.75, 3.05) is 12.4 Å². The van der Waals surface area contributed by atoms with Crippen molar-refractivity contribution in [2.45, 2.75) is 12.3 Å². The maximum Gasteiger partial charge on any atom is 0.321 e. The maximum absolute atomic E-state index is 11.6. The molecule has 0 atom stereocenters. The van der Waals surface area contributed by atoms with Gasteiger partial charge < -0.3 is 14.5 Å². The van der Waals surface area contributed by atoms with Crippen LogP contribution in [0.5, 0.6) is 0 Å². The van der Waals surface area contributed by atoms with Crippen LogP contribution in [0.3, 0.4) is 0 Å². The van der Waals surface area contributed by atoms with E-state index in [1.807, 2.05) is 18.2 Å². The number of carbonyl (C=O) groups excluding carboxylic acids is 3. The average Bonchev–Trinajstić information content (AvgIpc) is 3.13. The quantitative estimate of drug-likeness (QED) is 0.666. The number of furan rings is 1. The highest BCUT2D eigenvalue weighted by molar-refractivity contribution is 7.99. The lowest BCUT2D eigenvalue weighted by Gasteiger charge is -2.07. The lowest BCUT2D eigenvalue weighted by atomic mass is 10.2. The zero-order chi connectivity index (χ0) is 18.8. The van der Waals surface area contributed by atoms with Crippen LogP contribution in [0.2, 0.25) is 5.02 Å². The number of carbonyl (C=O) groups is 3. The zero-order valence-electron chi connectivity index (χ0n) is 13.7. The molecule has 1 aromatic carbocycles. The van der Waals surface area contributed by atoms with E-state index in [0.717, 1.165) is 5.56 Å². The molecule has 0 radical (unpaired) electrons. The van der Waals surface area contributed by atoms with Gasteiger partial charge in [0.05, 0.1) is 18.6 Å². The molecule has 2 rings (SSSR count). The normalized spacial score (nSPS) is 10.2. The lowest BCUT2D eigenvalue weighted by molar-refractivity contribution is -0.145. The monoisotopic (exact) mass is 396 g/mol. The first-order chi connectivity index (χ1) is 12.5. The van der Waals surface area contributed by atoms with Crippen molar-refractivity contribution >= 4 is 41.3 Å². The molecule has 138 valence electrons. The number of urea groups is 1. The third-order valence-electron chi connectivity index (χ3n) is 3.06. The summed E-state index contributed by atoms with van der Waals surface area (Å²) in [5.41, 5.74) is 0.915. The first-order valence-corrected chi connectivity index (χ1v) is 9.14. The van der Waals surface area contributed by atoms with Gasteiger partial charge in [-0.1, -0.05) is 29.8 Å². The largest absolute Gasteiger partial charge is 0.467 e. The molecule has 1 aromatic heterocycles. The average molecular weight is 397 g/mol. The number of benzene rings is 1. The number of nitrogens with one attached hydrogen (secondary N) is 2. The molecule has 0 saturated heterocycles. The van der Waals surface area contributed by atoms with Gasteiger partial charge in [0.2, 0.25) is 0 Å². The predicted molar refractivity (Wildman–Crippen MR) is 97.7 cm³/mol. The molecule has 9 heteroatoms. The Hall–Kier alpha value is -2.45. The topological polar surface area (TPSA) is 97.6 Å². The second-order valence-corrected chi connectivity index (χ2v) is 6.45. The van der Waals surface area contributed by atoms with E-state index in [0.29, 0.717) is 16.5 Å². The van der Waals surface area contributed by atoms with Crippen LogP contribution in [0.15, 0.2) is 47.1 Å². The fraction of sp³-hybridized carbons (Fsp3) is 0.235. The first-order valence-electron chi connectivity index (χ1n) is 7.61. The van der Waals surface area contributed by atoms with Crippen LogP contribution in [0, 0.1) is 0 Å². The Kier molecular flexibility index (Phi) is 8.04. The zero-order valence-corrected chi connectivity index (χ0v) is 15.3. The van der Waals surface area contributed by atoms with Crippen molar-refractivity contribution in [1.82, 2.24) is 10.6 Å². The predicted octanol–water partition coefficient (Wildman–Crippen LogP) is 2.74. The number of hydrogen-bond acceptors (Lipinski definition) is 6. The summed E-state index contributed by atoms with van der Waals surface area (Å²) in [5, 5.41) is 5.13. The summed E-state index contributed by atoms with van der Waals surface area (Å²) in [7, 11) is 0. The Morgan fingerprint density at radius 2 is 1.96 bits per heavy atom. The van der Waals surface area contributed by atoms with E-state index < -0.39 is 24.5 Å². The van der Waals surface area contributed by atoms with E-state index in [1.54, 1.807) is 18.2 Å². The Balaban J connectivity index is 1.58. The summed E-state index contributed by atoms with van der Waals surface area (Å²) in [6.07, 6.45) is 1.48. The highest BCUT2D eigenvalue weighted by atomic mass is 35.5. The standard InChI is InChI=1S/C17H17ClN2O5S/c18-14-6-2-1-4-12(14)10-26-11-16(22)25-9-15(21)20-17(23)19-8-13-5-3-7-24-13/h1-7H,8-11H2,(H2,19,20,21,23). The number of amides is 3. The number of halogens is 1. The molecule has 0 spiro atoms. The van der Waals surface area contributed by atoms with Gasteiger partial charge in [0.25, 0.3) is 5.91 Å². The van der Waals surface area contributed by atoms with E-state index in [-0.39, 0.29) is 12.3 Å². The number of hydrogen-bond donors (Lipinski definition) is 2. The minimum atomic E-state index is -0.716. The molecule has 0 bridgehead atoms. The van der Waals surface area contributed by atoms with Gasteiger partial charge in [-0.15, -0.1) is 11.8 Å². The fourth-order valence-corrected chi connectivity index (χ4v) is 2.94. The molecule has 0 aliphatic carbocycles. The summed E-state index contributed by atoms with van der Waals surface area (Å²) >= 11 is 7.34. The molecule has 0 fully saturated rings. The second-order valence-electron chi connectivity index (χ2n) is 5.06. The summed E-state index contributed by atoms with van der Waals surface area (Å²) in [5.74, 6) is -0.0894. The van der Waals surface area contributed by atoms with Crippen molar-refractivity contribution in [1.29, 1.82) is 0 Å². The molecule has 2 N–H and O–H groups in total. The van der Waals surface area contributed by atoms with Gasteiger partial charge in [0, 0.05) is 10.8 Å². The molecule has 7 nitrogen and oxygen atoms in total. The summed E-state index contributed by atoms with van der Waals surface area (Å²) in [4.78, 5) is 34.7. The summed E-state index contributed by atoms with van der Waals surface area (Å²) in [6.45, 7) is -0.385. The van der Waals surface area contributed by atoms with Crippen LogP contribution in [-0.2, 0) is 26.6 Å². The Morgan fingerprint density at radius 1 is 1.15 bits per heavy atom. The molecular weight excluding hydrogens is 380 g/mol. The van der Waals surface area contributed by atoms with Gasteiger partial charge in [-0.25, -0.2) is 4.79 Å². The molecule has 0 aliphatic heterocycles. The van der Waals surface area contributed by atoms with Crippen molar-refractivity contribution in [3.63, 3.8) is 0 Å². The van der Waals surface area contributed by atoms with Crippen LogP contribution in [0.25, 0.3) is 0 Å². The smallest absolute Gasteiger partial charge is 0.321 e. The van der Waals surface area contributed by atoms with Crippen LogP contribution in [0.4, 0.5) is 4.79 Å². The van der Waals surface area contributed by atoms with Crippen LogP contribution < -0.4 is 10.6 Å². The Morgan fingerprint density at radius 3 is 2.69 bits per heavy atom. The number of ether oxygens (including phenoxy) is 1. The fourth-order valence-electron chi connectivity index (χ4n) is 1.83. The van der Waals surface area contributed by atoms with E-state index in [4.69, 9.17) is 20.8 Å². The Bertz CT molecular complexity index is 751. The summed E-state index contributed by atoms with van der Waals surface area (Å²) in [6, 6.07) is 10.0. The van der Waals surface area contributed by atoms with Gasteiger partial charge in [-0.05, 0) is 23.8 Å². The third-order valence-corrected chi connectivity index (χ3v) is 4.38. The lowest BCUT2D eigenvalue weighted by Crippen LogP contribution is -2.41. The van der Waals surface area contributed by atoms with Gasteiger partial charge in [0.15, 0.2) is 6.61 Å². The number of esters is 1. The SMILES string of the molecule is O=C(COC(=O)CSCc1ccccc1Cl)NC(=O)NCc1ccco1. The molecule has 2 aromatic rings. The van der Waals surface area contributed by atoms with Crippen molar-refractivity contribution in [3.05, 3.63) is 59.0 Å². The minimum Gasteiger partial charge on any atom is -0.467 e. The van der Waals surface area contributed by atoms with Gasteiger partial charge >= 0.3 is 12.0 Å². The number of thioether (sulfide) groups is 1. The van der Waals surface area contributed by atoms with E-state index in [2.05, 4.69) is 10.6 Å². The second kappa shape index (κ2) is 10.5. The first kappa shape index (κ1) is 19.9. The third kappa shape index (κ3) is 7.20. The number of imide groups is 1. The van der Waals surface area contributed by atoms with Crippen LogP contribution in [-0.4, -0.2) is 30.3 Å². The van der Waals surface area contributed by atoms with Gasteiger partial charge in [-0.2, -0.15) is 0 Å². The molecule has 3 amide bonds. The van der Waals surface area contributed by atoms with Crippen molar-refractivity contribution in [3.8, 4) is 0 Å². The van der Waals surface area contributed by atoms with Gasteiger partial charge in [-0.3, -0.25) is 14.9 Å². The highest BCUT2D eigenvalue weighted by Gasteiger charge is 2.11.